The lowest BCUT2D eigenvalue weighted by molar-refractivity contribution is -0.119. The molecular formula is C15H15FN4OS. The third-order valence-electron chi connectivity index (χ3n) is 2.64. The molecular weight excluding hydrogens is 303 g/mol. The van der Waals surface area contributed by atoms with Gasteiger partial charge in [-0.25, -0.2) is 4.39 Å². The van der Waals surface area contributed by atoms with Gasteiger partial charge in [0.2, 0.25) is 0 Å². The zero-order chi connectivity index (χ0) is 15.8. The average Bonchev–Trinajstić information content (AvgIpc) is 2.53. The Morgan fingerprint density at radius 3 is 2.32 bits per heavy atom. The van der Waals surface area contributed by atoms with E-state index in [2.05, 4.69) is 21.5 Å². The lowest BCUT2D eigenvalue weighted by Gasteiger charge is -2.12. The van der Waals surface area contributed by atoms with Crippen molar-refractivity contribution in [3.05, 3.63) is 60.4 Å². The van der Waals surface area contributed by atoms with E-state index in [-0.39, 0.29) is 23.4 Å². The third-order valence-corrected chi connectivity index (χ3v) is 2.85. The number of carbonyl (C=O) groups is 1. The van der Waals surface area contributed by atoms with Gasteiger partial charge in [0.05, 0.1) is 6.54 Å². The van der Waals surface area contributed by atoms with Crippen LogP contribution in [0.1, 0.15) is 0 Å². The van der Waals surface area contributed by atoms with Crippen molar-refractivity contribution in [3.8, 4) is 0 Å². The van der Waals surface area contributed by atoms with E-state index in [0.717, 1.165) is 5.69 Å². The maximum atomic E-state index is 12.7. The number of thiocarbonyl (C=S) groups is 1. The number of benzene rings is 2. The minimum absolute atomic E-state index is 0.0343. The Bertz CT molecular complexity index is 634. The fraction of sp³-hybridized carbons (Fsp3) is 0.0667. The molecule has 114 valence electrons. The second-order valence-corrected chi connectivity index (χ2v) is 4.76. The molecule has 0 atom stereocenters. The SMILES string of the molecule is O=C(CNc1ccc(F)cc1)NNC(=S)Nc1ccccc1. The number of hydrogen-bond acceptors (Lipinski definition) is 3. The van der Waals surface area contributed by atoms with E-state index in [1.54, 1.807) is 12.1 Å². The zero-order valence-corrected chi connectivity index (χ0v) is 12.4. The Kier molecular flexibility index (Phi) is 5.67. The Morgan fingerprint density at radius 2 is 1.64 bits per heavy atom. The zero-order valence-electron chi connectivity index (χ0n) is 11.6. The number of para-hydroxylation sites is 1. The lowest BCUT2D eigenvalue weighted by Crippen LogP contribution is -2.45. The van der Waals surface area contributed by atoms with Gasteiger partial charge in [0, 0.05) is 11.4 Å². The quantitative estimate of drug-likeness (QED) is 0.514. The van der Waals surface area contributed by atoms with Crippen LogP contribution in [0.15, 0.2) is 54.6 Å². The molecule has 2 aromatic rings. The summed E-state index contributed by atoms with van der Waals surface area (Å²) in [5.74, 6) is -0.629. The second kappa shape index (κ2) is 7.94. The molecule has 0 radical (unpaired) electrons. The van der Waals surface area contributed by atoms with Crippen molar-refractivity contribution in [2.45, 2.75) is 0 Å². The van der Waals surface area contributed by atoms with Gasteiger partial charge < -0.3 is 10.6 Å². The summed E-state index contributed by atoms with van der Waals surface area (Å²) >= 11 is 5.05. The van der Waals surface area contributed by atoms with E-state index in [4.69, 9.17) is 12.2 Å². The largest absolute Gasteiger partial charge is 0.376 e. The van der Waals surface area contributed by atoms with Crippen LogP contribution in [0.5, 0.6) is 0 Å². The molecule has 0 saturated carbocycles. The lowest BCUT2D eigenvalue weighted by atomic mass is 10.3. The van der Waals surface area contributed by atoms with E-state index in [9.17, 15) is 9.18 Å². The number of halogens is 1. The molecule has 0 aromatic heterocycles. The first-order valence-electron chi connectivity index (χ1n) is 6.54. The molecule has 22 heavy (non-hydrogen) atoms. The summed E-state index contributed by atoms with van der Waals surface area (Å²) in [6.45, 7) is 0.0343. The number of rotatable bonds is 4. The standard InChI is InChI=1S/C15H15FN4OS/c16-11-6-8-12(9-7-11)17-10-14(21)19-20-15(22)18-13-4-2-1-3-5-13/h1-9,17H,10H2,(H,19,21)(H2,18,20,22). The van der Waals surface area contributed by atoms with Crippen LogP contribution in [0.25, 0.3) is 0 Å². The molecule has 0 aliphatic carbocycles. The molecule has 7 heteroatoms. The molecule has 0 aliphatic rings. The van der Waals surface area contributed by atoms with Crippen LogP contribution in [-0.4, -0.2) is 17.6 Å². The van der Waals surface area contributed by atoms with E-state index in [0.29, 0.717) is 5.69 Å². The van der Waals surface area contributed by atoms with Gasteiger partial charge in [0.25, 0.3) is 5.91 Å². The van der Waals surface area contributed by atoms with Crippen LogP contribution < -0.4 is 21.5 Å². The van der Waals surface area contributed by atoms with Crippen LogP contribution in [0.3, 0.4) is 0 Å². The molecule has 0 aliphatic heterocycles. The molecule has 0 bridgehead atoms. The maximum absolute atomic E-state index is 12.7. The maximum Gasteiger partial charge on any atom is 0.257 e. The molecule has 2 aromatic carbocycles. The summed E-state index contributed by atoms with van der Waals surface area (Å²) in [6, 6.07) is 15.1. The van der Waals surface area contributed by atoms with Gasteiger partial charge in [-0.15, -0.1) is 0 Å². The van der Waals surface area contributed by atoms with E-state index in [1.165, 1.54) is 12.1 Å². The van der Waals surface area contributed by atoms with Crippen molar-refractivity contribution >= 4 is 34.6 Å². The molecule has 2 rings (SSSR count). The van der Waals surface area contributed by atoms with Crippen molar-refractivity contribution in [2.75, 3.05) is 17.2 Å². The third kappa shape index (κ3) is 5.37. The number of amides is 1. The number of hydrogen-bond donors (Lipinski definition) is 4. The summed E-state index contributed by atoms with van der Waals surface area (Å²) in [5.41, 5.74) is 6.52. The fourth-order valence-electron chi connectivity index (χ4n) is 1.60. The molecule has 4 N–H and O–H groups in total. The monoisotopic (exact) mass is 318 g/mol. The molecule has 0 spiro atoms. The fourth-order valence-corrected chi connectivity index (χ4v) is 1.77. The van der Waals surface area contributed by atoms with Gasteiger partial charge in [0.15, 0.2) is 5.11 Å². The summed E-state index contributed by atoms with van der Waals surface area (Å²) in [7, 11) is 0. The van der Waals surface area contributed by atoms with Crippen LogP contribution in [0.4, 0.5) is 15.8 Å². The number of anilines is 2. The van der Waals surface area contributed by atoms with Crippen LogP contribution >= 0.6 is 12.2 Å². The highest BCUT2D eigenvalue weighted by atomic mass is 32.1. The van der Waals surface area contributed by atoms with Crippen molar-refractivity contribution in [1.82, 2.24) is 10.9 Å². The molecule has 0 unspecified atom stereocenters. The first-order valence-corrected chi connectivity index (χ1v) is 6.94. The van der Waals surface area contributed by atoms with Gasteiger partial charge in [0.1, 0.15) is 5.82 Å². The summed E-state index contributed by atoms with van der Waals surface area (Å²) in [6.07, 6.45) is 0. The van der Waals surface area contributed by atoms with Crippen LogP contribution in [-0.2, 0) is 4.79 Å². The first kappa shape index (κ1) is 15.7. The van der Waals surface area contributed by atoms with Gasteiger partial charge in [-0.2, -0.15) is 0 Å². The van der Waals surface area contributed by atoms with E-state index >= 15 is 0 Å². The number of carbonyl (C=O) groups excluding carboxylic acids is 1. The van der Waals surface area contributed by atoms with Crippen LogP contribution in [0.2, 0.25) is 0 Å². The average molecular weight is 318 g/mol. The highest BCUT2D eigenvalue weighted by molar-refractivity contribution is 7.80. The predicted molar refractivity (Wildman–Crippen MR) is 88.8 cm³/mol. The molecule has 0 saturated heterocycles. The number of hydrazine groups is 1. The van der Waals surface area contributed by atoms with Gasteiger partial charge in [-0.05, 0) is 48.6 Å². The Hall–Kier alpha value is -2.67. The van der Waals surface area contributed by atoms with E-state index in [1.807, 2.05) is 30.3 Å². The first-order chi connectivity index (χ1) is 10.6. The number of nitrogens with one attached hydrogen (secondary N) is 4. The Morgan fingerprint density at radius 1 is 0.955 bits per heavy atom. The molecule has 0 fully saturated rings. The Balaban J connectivity index is 1.69. The highest BCUT2D eigenvalue weighted by Gasteiger charge is 2.02. The highest BCUT2D eigenvalue weighted by Crippen LogP contribution is 2.07. The van der Waals surface area contributed by atoms with Crippen molar-refractivity contribution in [3.63, 3.8) is 0 Å². The summed E-state index contributed by atoms with van der Waals surface area (Å²) in [5, 5.41) is 6.06. The smallest absolute Gasteiger partial charge is 0.257 e. The van der Waals surface area contributed by atoms with Gasteiger partial charge in [-0.3, -0.25) is 15.6 Å². The summed E-state index contributed by atoms with van der Waals surface area (Å²) < 4.78 is 12.7. The van der Waals surface area contributed by atoms with Crippen LogP contribution in [0, 0.1) is 5.82 Å². The topological polar surface area (TPSA) is 65.2 Å². The molecule has 1 amide bonds. The van der Waals surface area contributed by atoms with Gasteiger partial charge >= 0.3 is 0 Å². The van der Waals surface area contributed by atoms with Crippen molar-refractivity contribution < 1.29 is 9.18 Å². The van der Waals surface area contributed by atoms with E-state index < -0.39 is 0 Å². The normalized spacial score (nSPS) is 9.68. The molecule has 5 nitrogen and oxygen atoms in total. The predicted octanol–water partition coefficient (Wildman–Crippen LogP) is 2.26. The van der Waals surface area contributed by atoms with Crippen molar-refractivity contribution in [1.29, 1.82) is 0 Å². The molecule has 0 heterocycles. The van der Waals surface area contributed by atoms with Gasteiger partial charge in [-0.1, -0.05) is 18.2 Å². The second-order valence-electron chi connectivity index (χ2n) is 4.35. The summed E-state index contributed by atoms with van der Waals surface area (Å²) in [4.78, 5) is 11.6. The Labute approximate surface area is 132 Å². The minimum Gasteiger partial charge on any atom is -0.376 e. The minimum atomic E-state index is -0.325. The van der Waals surface area contributed by atoms with Crippen molar-refractivity contribution in [2.24, 2.45) is 0 Å².